The van der Waals surface area contributed by atoms with Gasteiger partial charge in [0.1, 0.15) is 0 Å². The highest BCUT2D eigenvalue weighted by molar-refractivity contribution is 6.30. The van der Waals surface area contributed by atoms with E-state index in [2.05, 4.69) is 35.4 Å². The molecule has 2 rings (SSSR count). The van der Waals surface area contributed by atoms with Crippen molar-refractivity contribution in [2.75, 3.05) is 0 Å². The zero-order valence-electron chi connectivity index (χ0n) is 9.91. The largest absolute Gasteiger partial charge is 0.367 e. The molecule has 0 spiro atoms. The summed E-state index contributed by atoms with van der Waals surface area (Å²) in [5.74, 6) is 0. The zero-order valence-corrected chi connectivity index (χ0v) is 10.7. The van der Waals surface area contributed by atoms with Crippen LogP contribution in [0.2, 0.25) is 5.02 Å². The highest BCUT2D eigenvalue weighted by Gasteiger charge is 2.08. The van der Waals surface area contributed by atoms with Gasteiger partial charge in [-0.2, -0.15) is 0 Å². The zero-order chi connectivity index (χ0) is 12.1. The third-order valence-corrected chi connectivity index (χ3v) is 3.15. The van der Waals surface area contributed by atoms with Crippen molar-refractivity contribution in [3.63, 3.8) is 0 Å². The molecule has 1 atom stereocenters. The highest BCUT2D eigenvalue weighted by atomic mass is 35.5. The molecule has 0 saturated carbocycles. The maximum atomic E-state index is 5.89. The average Bonchev–Trinajstić information content (AvgIpc) is 2.85. The van der Waals surface area contributed by atoms with Crippen molar-refractivity contribution in [2.24, 2.45) is 0 Å². The topological polar surface area (TPSA) is 27.8 Å². The normalized spacial score (nSPS) is 12.6. The molecule has 0 aliphatic heterocycles. The first kappa shape index (κ1) is 12.2. The Morgan fingerprint density at radius 1 is 1.24 bits per heavy atom. The van der Waals surface area contributed by atoms with Crippen LogP contribution in [0.5, 0.6) is 0 Å². The van der Waals surface area contributed by atoms with Gasteiger partial charge < -0.3 is 10.3 Å². The van der Waals surface area contributed by atoms with Gasteiger partial charge in [-0.05, 0) is 35.7 Å². The first-order chi connectivity index (χ1) is 8.29. The first-order valence-electron chi connectivity index (χ1n) is 5.90. The molecule has 2 aromatic rings. The standard InChI is InChI=1S/C14H17ClN2/c1-2-14(12-3-5-13(15)6-4-12)17-10-11-7-8-16-9-11/h3-9,14,16-17H,2,10H2,1H3. The van der Waals surface area contributed by atoms with Crippen molar-refractivity contribution in [2.45, 2.75) is 25.9 Å². The Hall–Kier alpha value is -1.25. The summed E-state index contributed by atoms with van der Waals surface area (Å²) < 4.78 is 0. The summed E-state index contributed by atoms with van der Waals surface area (Å²) in [6.45, 7) is 3.06. The minimum absolute atomic E-state index is 0.377. The second-order valence-corrected chi connectivity index (χ2v) is 4.55. The van der Waals surface area contributed by atoms with Gasteiger partial charge in [0.05, 0.1) is 0 Å². The van der Waals surface area contributed by atoms with E-state index in [9.17, 15) is 0 Å². The van der Waals surface area contributed by atoms with Crippen molar-refractivity contribution in [1.29, 1.82) is 0 Å². The van der Waals surface area contributed by atoms with Crippen molar-refractivity contribution in [3.8, 4) is 0 Å². The number of nitrogens with one attached hydrogen (secondary N) is 2. The molecule has 90 valence electrons. The van der Waals surface area contributed by atoms with E-state index >= 15 is 0 Å². The van der Waals surface area contributed by atoms with E-state index in [1.54, 1.807) is 0 Å². The van der Waals surface area contributed by atoms with Crippen LogP contribution in [-0.4, -0.2) is 4.98 Å². The molecule has 2 nitrogen and oxygen atoms in total. The smallest absolute Gasteiger partial charge is 0.0406 e. The number of halogens is 1. The van der Waals surface area contributed by atoms with Gasteiger partial charge in [0, 0.05) is 30.0 Å². The lowest BCUT2D eigenvalue weighted by molar-refractivity contribution is 0.519. The van der Waals surface area contributed by atoms with Crippen LogP contribution in [-0.2, 0) is 6.54 Å². The Kier molecular flexibility index (Phi) is 4.24. The summed E-state index contributed by atoms with van der Waals surface area (Å²) in [5, 5.41) is 4.33. The van der Waals surface area contributed by atoms with Gasteiger partial charge in [0.2, 0.25) is 0 Å². The molecular weight excluding hydrogens is 232 g/mol. The molecule has 3 heteroatoms. The number of aromatic nitrogens is 1. The third-order valence-electron chi connectivity index (χ3n) is 2.90. The summed E-state index contributed by atoms with van der Waals surface area (Å²) in [7, 11) is 0. The van der Waals surface area contributed by atoms with Gasteiger partial charge in [0.25, 0.3) is 0 Å². The number of hydrogen-bond donors (Lipinski definition) is 2. The first-order valence-corrected chi connectivity index (χ1v) is 6.28. The summed E-state index contributed by atoms with van der Waals surface area (Å²) >= 11 is 5.89. The lowest BCUT2D eigenvalue weighted by Crippen LogP contribution is -2.19. The number of rotatable bonds is 5. The van der Waals surface area contributed by atoms with E-state index in [1.807, 2.05) is 24.5 Å². The predicted octanol–water partition coefficient (Wildman–Crippen LogP) is 3.91. The van der Waals surface area contributed by atoms with E-state index in [0.29, 0.717) is 6.04 Å². The molecule has 1 aromatic heterocycles. The van der Waals surface area contributed by atoms with Crippen LogP contribution >= 0.6 is 11.6 Å². The quantitative estimate of drug-likeness (QED) is 0.825. The lowest BCUT2D eigenvalue weighted by atomic mass is 10.0. The molecule has 0 aliphatic rings. The van der Waals surface area contributed by atoms with E-state index in [4.69, 9.17) is 11.6 Å². The molecule has 0 aliphatic carbocycles. The van der Waals surface area contributed by atoms with Gasteiger partial charge in [0.15, 0.2) is 0 Å². The van der Waals surface area contributed by atoms with Gasteiger partial charge >= 0.3 is 0 Å². The third kappa shape index (κ3) is 3.35. The summed E-state index contributed by atoms with van der Waals surface area (Å²) in [4.78, 5) is 3.06. The fourth-order valence-electron chi connectivity index (χ4n) is 1.90. The molecule has 0 bridgehead atoms. The van der Waals surface area contributed by atoms with Crippen LogP contribution < -0.4 is 5.32 Å². The fraction of sp³-hybridized carbons (Fsp3) is 0.286. The van der Waals surface area contributed by atoms with Crippen molar-refractivity contribution in [3.05, 3.63) is 58.9 Å². The molecule has 0 fully saturated rings. The summed E-state index contributed by atoms with van der Waals surface area (Å²) in [6.07, 6.45) is 5.02. The van der Waals surface area contributed by atoms with Crippen LogP contribution in [0.4, 0.5) is 0 Å². The van der Waals surface area contributed by atoms with Gasteiger partial charge in [-0.3, -0.25) is 0 Å². The lowest BCUT2D eigenvalue weighted by Gasteiger charge is -2.17. The number of H-pyrrole nitrogens is 1. The van der Waals surface area contributed by atoms with Gasteiger partial charge in [-0.1, -0.05) is 30.7 Å². The minimum atomic E-state index is 0.377. The molecule has 2 N–H and O–H groups in total. The van der Waals surface area contributed by atoms with Crippen LogP contribution in [0, 0.1) is 0 Å². The molecular formula is C14H17ClN2. The molecule has 1 aromatic carbocycles. The maximum Gasteiger partial charge on any atom is 0.0406 e. The Labute approximate surface area is 107 Å². The average molecular weight is 249 g/mol. The Morgan fingerprint density at radius 3 is 2.59 bits per heavy atom. The maximum absolute atomic E-state index is 5.89. The molecule has 1 unspecified atom stereocenters. The van der Waals surface area contributed by atoms with E-state index in [1.165, 1.54) is 11.1 Å². The number of aromatic amines is 1. The Morgan fingerprint density at radius 2 is 2.00 bits per heavy atom. The van der Waals surface area contributed by atoms with Crippen LogP contribution in [0.25, 0.3) is 0 Å². The minimum Gasteiger partial charge on any atom is -0.367 e. The SMILES string of the molecule is CCC(NCc1cc[nH]c1)c1ccc(Cl)cc1. The van der Waals surface area contributed by atoms with E-state index in [-0.39, 0.29) is 0 Å². The number of hydrogen-bond acceptors (Lipinski definition) is 1. The molecule has 17 heavy (non-hydrogen) atoms. The Balaban J connectivity index is 1.99. The van der Waals surface area contributed by atoms with Crippen molar-refractivity contribution >= 4 is 11.6 Å². The summed E-state index contributed by atoms with van der Waals surface area (Å²) in [5.41, 5.74) is 2.56. The Bertz CT molecular complexity index is 434. The van der Waals surface area contributed by atoms with Crippen LogP contribution in [0.1, 0.15) is 30.5 Å². The second-order valence-electron chi connectivity index (χ2n) is 4.11. The van der Waals surface area contributed by atoms with Crippen molar-refractivity contribution in [1.82, 2.24) is 10.3 Å². The second kappa shape index (κ2) is 5.89. The van der Waals surface area contributed by atoms with E-state index in [0.717, 1.165) is 18.0 Å². The van der Waals surface area contributed by atoms with Crippen molar-refractivity contribution < 1.29 is 0 Å². The van der Waals surface area contributed by atoms with Crippen LogP contribution in [0.3, 0.4) is 0 Å². The molecule has 0 saturated heterocycles. The molecule has 0 amide bonds. The van der Waals surface area contributed by atoms with Crippen LogP contribution in [0.15, 0.2) is 42.7 Å². The summed E-state index contributed by atoms with van der Waals surface area (Å²) in [6, 6.07) is 10.5. The van der Waals surface area contributed by atoms with Gasteiger partial charge in [-0.25, -0.2) is 0 Å². The molecule has 0 radical (unpaired) electrons. The molecule has 1 heterocycles. The van der Waals surface area contributed by atoms with Gasteiger partial charge in [-0.15, -0.1) is 0 Å². The fourth-order valence-corrected chi connectivity index (χ4v) is 2.03. The highest BCUT2D eigenvalue weighted by Crippen LogP contribution is 2.19. The predicted molar refractivity (Wildman–Crippen MR) is 72.1 cm³/mol. The monoisotopic (exact) mass is 248 g/mol. The number of benzene rings is 1. The van der Waals surface area contributed by atoms with E-state index < -0.39 is 0 Å².